The molecule has 2 heterocycles. The van der Waals surface area contributed by atoms with Gasteiger partial charge in [-0.1, -0.05) is 12.1 Å². The lowest BCUT2D eigenvalue weighted by Gasteiger charge is -2.26. The Balaban J connectivity index is 2.18. The molecule has 0 aliphatic carbocycles. The highest BCUT2D eigenvalue weighted by Gasteiger charge is 2.31. The summed E-state index contributed by atoms with van der Waals surface area (Å²) in [5.74, 6) is 1.82. The Hall–Kier alpha value is -3.21. The Kier molecular flexibility index (Phi) is 3.31. The summed E-state index contributed by atoms with van der Waals surface area (Å²) in [7, 11) is 3.10. The molecule has 1 aromatic carbocycles. The van der Waals surface area contributed by atoms with Gasteiger partial charge in [-0.15, -0.1) is 0 Å². The highest BCUT2D eigenvalue weighted by atomic mass is 16.5. The van der Waals surface area contributed by atoms with Gasteiger partial charge in [-0.2, -0.15) is 20.0 Å². The van der Waals surface area contributed by atoms with E-state index >= 15 is 0 Å². The molecule has 1 atom stereocenters. The molecule has 1 aromatic heterocycles. The normalized spacial score (nSPS) is 16.5. The number of hydrogen-bond donors (Lipinski definition) is 2. The Morgan fingerprint density at radius 1 is 1.36 bits per heavy atom. The summed E-state index contributed by atoms with van der Waals surface area (Å²) in [5.41, 5.74) is 7.11. The second kappa shape index (κ2) is 5.29. The van der Waals surface area contributed by atoms with Crippen LogP contribution in [0.4, 0.5) is 5.95 Å². The number of aromatic nitrogens is 3. The molecule has 3 N–H and O–H groups in total. The number of nitriles is 1. The van der Waals surface area contributed by atoms with Gasteiger partial charge >= 0.3 is 0 Å². The molecule has 8 heteroatoms. The molecule has 22 heavy (non-hydrogen) atoms. The van der Waals surface area contributed by atoms with E-state index in [0.717, 1.165) is 5.56 Å². The van der Waals surface area contributed by atoms with Crippen molar-refractivity contribution in [2.24, 2.45) is 5.73 Å². The first-order valence-electron chi connectivity index (χ1n) is 6.48. The fourth-order valence-corrected chi connectivity index (χ4v) is 2.47. The average Bonchev–Trinajstić information content (AvgIpc) is 3.02. The van der Waals surface area contributed by atoms with Crippen LogP contribution in [0.5, 0.6) is 11.5 Å². The minimum absolute atomic E-state index is 0.239. The molecular formula is C14H14N6O2. The lowest BCUT2D eigenvalue weighted by molar-refractivity contribution is 0.351. The maximum absolute atomic E-state index is 9.48. The number of ether oxygens (including phenoxy) is 2. The van der Waals surface area contributed by atoms with Crippen molar-refractivity contribution >= 4 is 11.8 Å². The van der Waals surface area contributed by atoms with Crippen molar-refractivity contribution in [3.63, 3.8) is 0 Å². The highest BCUT2D eigenvalue weighted by molar-refractivity contribution is 5.67. The van der Waals surface area contributed by atoms with E-state index in [1.54, 1.807) is 20.3 Å². The van der Waals surface area contributed by atoms with E-state index in [-0.39, 0.29) is 5.82 Å². The van der Waals surface area contributed by atoms with E-state index in [1.165, 1.54) is 11.0 Å². The number of hydrogen-bond acceptors (Lipinski definition) is 7. The molecule has 3 rings (SSSR count). The smallest absolute Gasteiger partial charge is 0.228 e. The predicted molar refractivity (Wildman–Crippen MR) is 78.9 cm³/mol. The van der Waals surface area contributed by atoms with Gasteiger partial charge in [0.1, 0.15) is 18.2 Å². The second-order valence-electron chi connectivity index (χ2n) is 4.57. The molecule has 0 bridgehead atoms. The Morgan fingerprint density at radius 2 is 2.18 bits per heavy atom. The summed E-state index contributed by atoms with van der Waals surface area (Å²) in [4.78, 5) is 4.09. The third kappa shape index (κ3) is 1.91. The van der Waals surface area contributed by atoms with E-state index in [1.807, 2.05) is 12.1 Å². The number of para-hydroxylation sites is 1. The number of benzene rings is 1. The maximum Gasteiger partial charge on any atom is 0.228 e. The maximum atomic E-state index is 9.48. The first-order chi connectivity index (χ1) is 10.7. The Labute approximate surface area is 126 Å². The lowest BCUT2D eigenvalue weighted by Crippen LogP contribution is -2.27. The first-order valence-corrected chi connectivity index (χ1v) is 6.48. The third-order valence-corrected chi connectivity index (χ3v) is 3.48. The molecule has 1 aliphatic heterocycles. The van der Waals surface area contributed by atoms with Crippen LogP contribution < -0.4 is 20.5 Å². The summed E-state index contributed by atoms with van der Waals surface area (Å²) < 4.78 is 12.1. The summed E-state index contributed by atoms with van der Waals surface area (Å²) in [6, 6.07) is 7.08. The van der Waals surface area contributed by atoms with Gasteiger partial charge in [-0.25, -0.2) is 0 Å². The number of nitrogens with zero attached hydrogens (tertiary/aromatic N) is 4. The third-order valence-electron chi connectivity index (χ3n) is 3.48. The molecular weight excluding hydrogens is 284 g/mol. The van der Waals surface area contributed by atoms with Gasteiger partial charge in [0.25, 0.3) is 0 Å². The van der Waals surface area contributed by atoms with Crippen molar-refractivity contribution in [1.29, 1.82) is 5.26 Å². The summed E-state index contributed by atoms with van der Waals surface area (Å²) in [6.45, 7) is 0. The van der Waals surface area contributed by atoms with Crippen LogP contribution in [0.1, 0.15) is 11.6 Å². The summed E-state index contributed by atoms with van der Waals surface area (Å²) >= 11 is 0. The number of nitrogens with two attached hydrogens (primary N) is 1. The van der Waals surface area contributed by atoms with Crippen molar-refractivity contribution in [2.45, 2.75) is 6.04 Å². The SMILES string of the molecule is COc1cccc([C@H]2Nc3ncnn3C(N)=C2C#N)c1OC. The molecule has 8 nitrogen and oxygen atoms in total. The zero-order chi connectivity index (χ0) is 15.7. The molecule has 0 fully saturated rings. The number of methoxy groups -OCH3 is 2. The van der Waals surface area contributed by atoms with Crippen molar-refractivity contribution in [1.82, 2.24) is 14.8 Å². The standard InChI is InChI=1S/C14H14N6O2/c1-21-10-5-3-4-8(12(10)22-2)11-9(6-15)13(16)20-14(19-11)17-7-18-20/h3-5,7,11H,16H2,1-2H3,(H,17,18,19)/t11-/m1/s1. The highest BCUT2D eigenvalue weighted by Crippen LogP contribution is 2.40. The van der Waals surface area contributed by atoms with Gasteiger partial charge in [0.2, 0.25) is 5.95 Å². The van der Waals surface area contributed by atoms with E-state index in [0.29, 0.717) is 23.0 Å². The molecule has 1 aliphatic rings. The van der Waals surface area contributed by atoms with Crippen LogP contribution in [0.15, 0.2) is 30.1 Å². The molecule has 2 aromatic rings. The fraction of sp³-hybridized carbons (Fsp3) is 0.214. The Bertz CT molecular complexity index is 789. The number of rotatable bonds is 3. The molecule has 0 unspecified atom stereocenters. The van der Waals surface area contributed by atoms with Crippen molar-refractivity contribution < 1.29 is 9.47 Å². The largest absolute Gasteiger partial charge is 0.493 e. The number of anilines is 1. The molecule has 0 spiro atoms. The summed E-state index contributed by atoms with van der Waals surface area (Å²) in [6.07, 6.45) is 1.37. The van der Waals surface area contributed by atoms with E-state index in [9.17, 15) is 5.26 Å². The number of fused-ring (bicyclic) bond motifs is 1. The van der Waals surface area contributed by atoms with E-state index < -0.39 is 6.04 Å². The van der Waals surface area contributed by atoms with Crippen LogP contribution in [-0.2, 0) is 0 Å². The Morgan fingerprint density at radius 3 is 2.86 bits per heavy atom. The van der Waals surface area contributed by atoms with Crippen LogP contribution in [0.3, 0.4) is 0 Å². The van der Waals surface area contributed by atoms with E-state index in [2.05, 4.69) is 21.5 Å². The van der Waals surface area contributed by atoms with Crippen molar-refractivity contribution in [2.75, 3.05) is 19.5 Å². The van der Waals surface area contributed by atoms with Crippen molar-refractivity contribution in [3.8, 4) is 17.6 Å². The van der Waals surface area contributed by atoms with Crippen molar-refractivity contribution in [3.05, 3.63) is 35.7 Å². The van der Waals surface area contributed by atoms with E-state index in [4.69, 9.17) is 15.2 Å². The van der Waals surface area contributed by atoms with Crippen LogP contribution in [-0.4, -0.2) is 29.0 Å². The van der Waals surface area contributed by atoms with Gasteiger partial charge in [0.15, 0.2) is 11.5 Å². The number of nitrogens with one attached hydrogen (secondary N) is 1. The van der Waals surface area contributed by atoms with Crippen LogP contribution in [0.25, 0.3) is 5.82 Å². The second-order valence-corrected chi connectivity index (χ2v) is 4.57. The minimum atomic E-state index is -0.494. The molecule has 0 amide bonds. The van der Waals surface area contributed by atoms with Gasteiger partial charge in [-0.05, 0) is 6.07 Å². The van der Waals surface area contributed by atoms with Gasteiger partial charge in [-0.3, -0.25) is 0 Å². The fourth-order valence-electron chi connectivity index (χ4n) is 2.47. The minimum Gasteiger partial charge on any atom is -0.493 e. The lowest BCUT2D eigenvalue weighted by atomic mass is 9.97. The molecule has 0 radical (unpaired) electrons. The van der Waals surface area contributed by atoms with Gasteiger partial charge in [0, 0.05) is 5.56 Å². The quantitative estimate of drug-likeness (QED) is 0.873. The molecule has 112 valence electrons. The zero-order valence-electron chi connectivity index (χ0n) is 12.1. The first kappa shape index (κ1) is 13.8. The predicted octanol–water partition coefficient (Wildman–Crippen LogP) is 1.11. The van der Waals surface area contributed by atoms with Crippen LogP contribution in [0.2, 0.25) is 0 Å². The molecule has 0 saturated heterocycles. The van der Waals surface area contributed by atoms with Crippen LogP contribution >= 0.6 is 0 Å². The topological polar surface area (TPSA) is 111 Å². The summed E-state index contributed by atoms with van der Waals surface area (Å²) in [5, 5.41) is 16.6. The van der Waals surface area contributed by atoms with Crippen LogP contribution in [0, 0.1) is 11.3 Å². The zero-order valence-corrected chi connectivity index (χ0v) is 12.1. The van der Waals surface area contributed by atoms with Gasteiger partial charge < -0.3 is 20.5 Å². The van der Waals surface area contributed by atoms with Gasteiger partial charge in [0.05, 0.1) is 25.8 Å². The monoisotopic (exact) mass is 298 g/mol. The molecule has 0 saturated carbocycles. The average molecular weight is 298 g/mol.